The van der Waals surface area contributed by atoms with E-state index in [1.165, 1.54) is 0 Å². The highest BCUT2D eigenvalue weighted by atomic mass is 16.4. The van der Waals surface area contributed by atoms with E-state index in [2.05, 4.69) is 6.92 Å². The predicted molar refractivity (Wildman–Crippen MR) is 101 cm³/mol. The van der Waals surface area contributed by atoms with Crippen LogP contribution >= 0.6 is 0 Å². The van der Waals surface area contributed by atoms with E-state index < -0.39 is 12.1 Å². The summed E-state index contributed by atoms with van der Waals surface area (Å²) in [5, 5.41) is 19.0. The number of aromatic carboxylic acids is 1. The van der Waals surface area contributed by atoms with Gasteiger partial charge in [0.25, 0.3) is 0 Å². The number of benzene rings is 1. The van der Waals surface area contributed by atoms with Crippen molar-refractivity contribution in [2.75, 3.05) is 6.54 Å². The summed E-state index contributed by atoms with van der Waals surface area (Å²) >= 11 is 0. The van der Waals surface area contributed by atoms with Gasteiger partial charge in [0, 0.05) is 13.0 Å². The second-order valence-electron chi connectivity index (χ2n) is 6.89. The second kappa shape index (κ2) is 10.1. The van der Waals surface area contributed by atoms with Gasteiger partial charge in [-0.1, -0.05) is 50.5 Å². The van der Waals surface area contributed by atoms with E-state index >= 15 is 0 Å². The molecule has 0 bridgehead atoms. The van der Waals surface area contributed by atoms with Crippen LogP contribution in [0.2, 0.25) is 0 Å². The van der Waals surface area contributed by atoms with Gasteiger partial charge in [-0.15, -0.1) is 0 Å². The van der Waals surface area contributed by atoms with E-state index in [4.69, 9.17) is 5.11 Å². The van der Waals surface area contributed by atoms with Crippen LogP contribution in [0.1, 0.15) is 61.4 Å². The molecule has 1 aliphatic heterocycles. The highest BCUT2D eigenvalue weighted by Gasteiger charge is 2.28. The lowest BCUT2D eigenvalue weighted by atomic mass is 10.1. The topological polar surface area (TPSA) is 77.8 Å². The zero-order valence-electron chi connectivity index (χ0n) is 15.4. The van der Waals surface area contributed by atoms with Gasteiger partial charge in [-0.05, 0) is 37.0 Å². The Morgan fingerprint density at radius 1 is 1.31 bits per heavy atom. The Kier molecular flexibility index (Phi) is 7.85. The van der Waals surface area contributed by atoms with Gasteiger partial charge >= 0.3 is 5.97 Å². The molecule has 1 aromatic carbocycles. The molecule has 2 rings (SSSR count). The molecule has 1 saturated heterocycles. The van der Waals surface area contributed by atoms with Crippen molar-refractivity contribution in [1.29, 1.82) is 0 Å². The summed E-state index contributed by atoms with van der Waals surface area (Å²) in [5.41, 5.74) is 1.28. The highest BCUT2D eigenvalue weighted by Crippen LogP contribution is 2.21. The summed E-state index contributed by atoms with van der Waals surface area (Å²) in [5.74, 6) is -0.795. The molecule has 1 aromatic rings. The van der Waals surface area contributed by atoms with Crippen molar-refractivity contribution in [3.63, 3.8) is 0 Å². The minimum Gasteiger partial charge on any atom is -0.478 e. The third-order valence-corrected chi connectivity index (χ3v) is 4.88. The van der Waals surface area contributed by atoms with Crippen molar-refractivity contribution < 1.29 is 19.8 Å². The summed E-state index contributed by atoms with van der Waals surface area (Å²) in [6, 6.07) is 6.82. The summed E-state index contributed by atoms with van der Waals surface area (Å²) in [7, 11) is 0. The van der Waals surface area contributed by atoms with Gasteiger partial charge in [0.15, 0.2) is 0 Å². The van der Waals surface area contributed by atoms with Gasteiger partial charge in [-0.3, -0.25) is 4.79 Å². The Labute approximate surface area is 155 Å². The molecule has 0 spiro atoms. The molecule has 0 radical (unpaired) electrons. The van der Waals surface area contributed by atoms with Gasteiger partial charge in [0.1, 0.15) is 0 Å². The molecule has 1 amide bonds. The first-order chi connectivity index (χ1) is 12.5. The smallest absolute Gasteiger partial charge is 0.335 e. The lowest BCUT2D eigenvalue weighted by molar-refractivity contribution is -0.128. The average molecular weight is 359 g/mol. The van der Waals surface area contributed by atoms with Crippen molar-refractivity contribution in [2.45, 2.75) is 64.0 Å². The number of aliphatic hydroxyl groups excluding tert-OH is 1. The minimum absolute atomic E-state index is 0.0432. The Morgan fingerprint density at radius 3 is 2.69 bits per heavy atom. The fourth-order valence-electron chi connectivity index (χ4n) is 3.27. The quantitative estimate of drug-likeness (QED) is 0.496. The molecule has 2 N–H and O–H groups in total. The van der Waals surface area contributed by atoms with Crippen molar-refractivity contribution in [3.8, 4) is 0 Å². The van der Waals surface area contributed by atoms with Crippen molar-refractivity contribution >= 4 is 11.9 Å². The zero-order chi connectivity index (χ0) is 18.9. The van der Waals surface area contributed by atoms with Gasteiger partial charge in [0.2, 0.25) is 5.91 Å². The first-order valence-electron chi connectivity index (χ1n) is 9.49. The average Bonchev–Trinajstić information content (AvgIpc) is 2.98. The number of carbonyl (C=O) groups excluding carboxylic acids is 1. The minimum atomic E-state index is -0.936. The first kappa shape index (κ1) is 20.2. The van der Waals surface area contributed by atoms with Gasteiger partial charge < -0.3 is 15.1 Å². The number of carboxylic acids is 1. The van der Waals surface area contributed by atoms with E-state index in [1.807, 2.05) is 17.1 Å². The normalized spacial score (nSPS) is 18.6. The highest BCUT2D eigenvalue weighted by molar-refractivity contribution is 5.87. The molecule has 142 valence electrons. The molecule has 1 fully saturated rings. The molecule has 0 saturated carbocycles. The second-order valence-corrected chi connectivity index (χ2v) is 6.89. The van der Waals surface area contributed by atoms with E-state index in [9.17, 15) is 14.7 Å². The van der Waals surface area contributed by atoms with E-state index in [0.29, 0.717) is 19.4 Å². The summed E-state index contributed by atoms with van der Waals surface area (Å²) in [6.45, 7) is 2.74. The maximum Gasteiger partial charge on any atom is 0.335 e. The number of likely N-dealkylation sites (tertiary alicyclic amines) is 1. The Hall–Kier alpha value is -2.14. The Morgan fingerprint density at radius 2 is 2.04 bits per heavy atom. The molecule has 0 aromatic heterocycles. The van der Waals surface area contributed by atoms with Crippen LogP contribution in [0, 0.1) is 0 Å². The number of unbranched alkanes of at least 4 members (excludes halogenated alkanes) is 2. The largest absolute Gasteiger partial charge is 0.478 e. The zero-order valence-corrected chi connectivity index (χ0v) is 15.4. The fraction of sp³-hybridized carbons (Fsp3) is 0.524. The van der Waals surface area contributed by atoms with Crippen LogP contribution in [0.4, 0.5) is 0 Å². The molecular formula is C21H29NO4. The van der Waals surface area contributed by atoms with Crippen LogP contribution < -0.4 is 0 Å². The SMILES string of the molecule is CCCCC[C@H](O)/C=C/[C@@H]1CCC(=O)N1CCc1ccc(C(=O)O)cc1. The van der Waals surface area contributed by atoms with Crippen molar-refractivity contribution in [1.82, 2.24) is 4.90 Å². The standard InChI is InChI=1S/C21H29NO4/c1-2-3-4-5-19(23)12-10-18-11-13-20(24)22(18)15-14-16-6-8-17(9-7-16)21(25)26/h6-10,12,18-19,23H,2-5,11,13-15H2,1H3,(H,25,26)/b12-10+/t18-,19+/m1/s1. The van der Waals surface area contributed by atoms with Gasteiger partial charge in [0.05, 0.1) is 17.7 Å². The molecule has 5 heteroatoms. The van der Waals surface area contributed by atoms with Crippen LogP contribution in [0.15, 0.2) is 36.4 Å². The third kappa shape index (κ3) is 5.99. The van der Waals surface area contributed by atoms with Crippen molar-refractivity contribution in [3.05, 3.63) is 47.5 Å². The first-order valence-corrected chi connectivity index (χ1v) is 9.49. The van der Waals surface area contributed by atoms with E-state index in [0.717, 1.165) is 37.7 Å². The predicted octanol–water partition coefficient (Wildman–Crippen LogP) is 3.42. The molecule has 1 heterocycles. The number of hydrogen-bond donors (Lipinski definition) is 2. The molecule has 2 atom stereocenters. The Bertz CT molecular complexity index is 623. The molecule has 0 unspecified atom stereocenters. The monoisotopic (exact) mass is 359 g/mol. The molecule has 0 aliphatic carbocycles. The third-order valence-electron chi connectivity index (χ3n) is 4.88. The number of aliphatic hydroxyl groups is 1. The summed E-state index contributed by atoms with van der Waals surface area (Å²) in [4.78, 5) is 24.9. The summed E-state index contributed by atoms with van der Waals surface area (Å²) in [6.07, 6.45) is 9.41. The van der Waals surface area contributed by atoms with E-state index in [-0.39, 0.29) is 17.5 Å². The van der Waals surface area contributed by atoms with E-state index in [1.54, 1.807) is 24.3 Å². The van der Waals surface area contributed by atoms with Crippen LogP contribution in [-0.4, -0.2) is 45.7 Å². The number of carboxylic acid groups (broad SMARTS) is 1. The lowest BCUT2D eigenvalue weighted by Crippen LogP contribution is -2.33. The number of carbonyl (C=O) groups is 2. The lowest BCUT2D eigenvalue weighted by Gasteiger charge is -2.22. The number of nitrogens with zero attached hydrogens (tertiary/aromatic N) is 1. The Balaban J connectivity index is 1.87. The molecule has 5 nitrogen and oxygen atoms in total. The summed E-state index contributed by atoms with van der Waals surface area (Å²) < 4.78 is 0. The van der Waals surface area contributed by atoms with Gasteiger partial charge in [-0.25, -0.2) is 4.79 Å². The number of hydrogen-bond acceptors (Lipinski definition) is 3. The maximum atomic E-state index is 12.2. The number of amides is 1. The number of rotatable bonds is 10. The van der Waals surface area contributed by atoms with Gasteiger partial charge in [-0.2, -0.15) is 0 Å². The molecule has 26 heavy (non-hydrogen) atoms. The van der Waals surface area contributed by atoms with Crippen LogP contribution in [-0.2, 0) is 11.2 Å². The van der Waals surface area contributed by atoms with Crippen LogP contribution in [0.5, 0.6) is 0 Å². The van der Waals surface area contributed by atoms with Crippen molar-refractivity contribution in [2.24, 2.45) is 0 Å². The van der Waals surface area contributed by atoms with Crippen LogP contribution in [0.25, 0.3) is 0 Å². The maximum absolute atomic E-state index is 12.2. The molecule has 1 aliphatic rings. The molecular weight excluding hydrogens is 330 g/mol. The van der Waals surface area contributed by atoms with Crippen LogP contribution in [0.3, 0.4) is 0 Å². The fourth-order valence-corrected chi connectivity index (χ4v) is 3.27.